The molecule has 12 fully saturated rings. The van der Waals surface area contributed by atoms with Gasteiger partial charge in [-0.05, 0) is 117 Å². The highest BCUT2D eigenvalue weighted by Crippen LogP contribution is 2.77. The second kappa shape index (κ2) is 40.8. The first kappa shape index (κ1) is 104. The smallest absolute Gasteiger partial charge is 0.333 e. The Labute approximate surface area is 756 Å². The molecule has 8 aliphatic heterocycles. The molecular formula is C87H137NO43. The molecule has 4 saturated carbocycles. The van der Waals surface area contributed by atoms with Crippen LogP contribution >= 0.6 is 0 Å². The Morgan fingerprint density at radius 2 is 1.02 bits per heavy atom. The number of fused-ring (bicyclic) bond motifs is 7. The number of hydrogen-bond donors (Lipinski definition) is 22. The topological polar surface area (TPSA) is 671 Å². The zero-order valence-corrected chi connectivity index (χ0v) is 75.2. The van der Waals surface area contributed by atoms with Crippen LogP contribution in [0.25, 0.3) is 0 Å². The van der Waals surface area contributed by atoms with Gasteiger partial charge in [-0.1, -0.05) is 72.3 Å². The largest absolute Gasteiger partial charge is 0.463 e. The van der Waals surface area contributed by atoms with E-state index in [-0.39, 0.29) is 43.1 Å². The molecule has 0 spiro atoms. The summed E-state index contributed by atoms with van der Waals surface area (Å²) in [7, 11) is 0. The molecule has 22 N–H and O–H groups in total. The minimum absolute atomic E-state index is 0.0204. The summed E-state index contributed by atoms with van der Waals surface area (Å²) in [6.07, 6.45) is -58.6. The highest BCUT2D eigenvalue weighted by molar-refractivity contribution is 5.88. The van der Waals surface area contributed by atoms with E-state index in [1.807, 2.05) is 27.7 Å². The number of rotatable bonds is 28. The first-order chi connectivity index (χ1) is 61.4. The highest BCUT2D eigenvalue weighted by atomic mass is 16.8. The summed E-state index contributed by atoms with van der Waals surface area (Å²) in [5.74, 6) is -5.11. The van der Waals surface area contributed by atoms with Gasteiger partial charge in [-0.3, -0.25) is 14.4 Å². The second-order valence-corrected chi connectivity index (χ2v) is 40.2. The van der Waals surface area contributed by atoms with E-state index < -0.39 is 360 Å². The highest BCUT2D eigenvalue weighted by Gasteiger charge is 2.75. The van der Waals surface area contributed by atoms with Crippen molar-refractivity contribution < 1.29 is 212 Å². The Kier molecular flexibility index (Phi) is 32.4. The van der Waals surface area contributed by atoms with Crippen molar-refractivity contribution in [1.82, 2.24) is 5.32 Å². The van der Waals surface area contributed by atoms with Crippen molar-refractivity contribution in [3.05, 3.63) is 36.0 Å². The maximum atomic E-state index is 16.5. The van der Waals surface area contributed by atoms with Crippen LogP contribution in [0.15, 0.2) is 36.0 Å². The number of allylic oxidation sites excluding steroid dienone is 3. The predicted octanol–water partition coefficient (Wildman–Crippen LogP) is -6.67. The third kappa shape index (κ3) is 20.2. The first-order valence-corrected chi connectivity index (χ1v) is 45.1. The van der Waals surface area contributed by atoms with Crippen LogP contribution in [0.4, 0.5) is 0 Å². The van der Waals surface area contributed by atoms with E-state index in [1.54, 1.807) is 0 Å². The molecule has 8 saturated heterocycles. The van der Waals surface area contributed by atoms with Gasteiger partial charge in [0, 0.05) is 25.3 Å². The summed E-state index contributed by atoms with van der Waals surface area (Å²) in [4.78, 5) is 56.3. The summed E-state index contributed by atoms with van der Waals surface area (Å²) >= 11 is 0. The number of carbonyl (C=O) groups is 4. The number of nitrogens with one attached hydrogen (secondary N) is 1. The summed E-state index contributed by atoms with van der Waals surface area (Å²) in [6, 6.07) is -1.51. The van der Waals surface area contributed by atoms with Gasteiger partial charge in [-0.15, -0.1) is 6.58 Å². The van der Waals surface area contributed by atoms with Crippen molar-refractivity contribution in [2.45, 2.75) is 379 Å². The lowest BCUT2D eigenvalue weighted by Crippen LogP contribution is -2.71. The Bertz CT molecular complexity index is 3970. The van der Waals surface area contributed by atoms with Gasteiger partial charge in [-0.25, -0.2) is 4.79 Å². The quantitative estimate of drug-likeness (QED) is 0.0114. The lowest BCUT2D eigenvalue weighted by atomic mass is 9.32. The molecule has 5 aliphatic carbocycles. The second-order valence-electron chi connectivity index (χ2n) is 40.2. The van der Waals surface area contributed by atoms with Gasteiger partial charge in [0.2, 0.25) is 12.2 Å². The molecule has 748 valence electrons. The Morgan fingerprint density at radius 3 is 1.62 bits per heavy atom. The number of amides is 1. The fourth-order valence-corrected chi connectivity index (χ4v) is 23.4. The molecule has 13 aliphatic rings. The van der Waals surface area contributed by atoms with Crippen LogP contribution in [0.2, 0.25) is 0 Å². The predicted molar refractivity (Wildman–Crippen MR) is 435 cm³/mol. The monoisotopic (exact) mass is 1880 g/mol. The van der Waals surface area contributed by atoms with Crippen molar-refractivity contribution in [1.29, 1.82) is 0 Å². The molecule has 0 bridgehead atoms. The summed E-state index contributed by atoms with van der Waals surface area (Å²) in [5.41, 5.74) is -6.72. The zero-order chi connectivity index (χ0) is 95.9. The Morgan fingerprint density at radius 1 is 0.511 bits per heavy atom. The van der Waals surface area contributed by atoms with E-state index in [0.29, 0.717) is 32.1 Å². The number of carbonyl (C=O) groups excluding carboxylic acids is 4. The van der Waals surface area contributed by atoms with Gasteiger partial charge in [-0.2, -0.15) is 0 Å². The van der Waals surface area contributed by atoms with Gasteiger partial charge >= 0.3 is 17.9 Å². The molecule has 0 aromatic rings. The van der Waals surface area contributed by atoms with Gasteiger partial charge in [0.1, 0.15) is 165 Å². The number of ether oxygens (including phenoxy) is 18. The van der Waals surface area contributed by atoms with Crippen LogP contribution in [0, 0.1) is 50.2 Å². The van der Waals surface area contributed by atoms with Crippen LogP contribution in [0.5, 0.6) is 0 Å². The third-order valence-corrected chi connectivity index (χ3v) is 30.7. The first-order valence-electron chi connectivity index (χ1n) is 45.1. The molecule has 8 heterocycles. The fourth-order valence-electron chi connectivity index (χ4n) is 23.4. The molecule has 13 rings (SSSR count). The molecule has 44 heteroatoms. The van der Waals surface area contributed by atoms with Gasteiger partial charge in [0.25, 0.3) is 0 Å². The molecule has 46 unspecified atom stereocenters. The normalized spacial score (nSPS) is 49.2. The molecule has 1 amide bonds. The van der Waals surface area contributed by atoms with Crippen LogP contribution in [0.3, 0.4) is 0 Å². The summed E-state index contributed by atoms with van der Waals surface area (Å²) < 4.78 is 109. The minimum atomic E-state index is -2.27. The minimum Gasteiger partial charge on any atom is -0.463 e. The molecule has 44 nitrogen and oxygen atoms in total. The van der Waals surface area contributed by atoms with E-state index in [9.17, 15) is 122 Å². The third-order valence-electron chi connectivity index (χ3n) is 30.7. The standard InChI is InChI=1S/C87H137NO43/c1-13-83(9,113)20-14-15-34(2)71(111)125-64-40(95)30-117-75(62(64)109)128-68-45(32-114-36(4)92)123-79(69(60(68)107)130-76-63(110)66(42(97)31-118-76)127-77-58(105)54(101)44(27-90)121-77)131-80(112)87-24-37(93)23-81(5,6)70(87)38-16-17-48-84(10)21-19-50(82(7,8)47(84)18-22-85(48,11)86(38,12)25-49(87)98)124-72-51(88-35(3)91)55(102)67(129-78-59(106)56(103)53(100)43(26-89)120-78)46(122-72)33-119-73-61(108)65(41(96)29-115-73)126-74-57(104)52(99)39(94)28-116-74/h13,15-16,37,39-70,72-79,89-90,93-110,113H,1,14,17-33H2,2-12H3,(H,88,91). The van der Waals surface area contributed by atoms with Gasteiger partial charge in [0.15, 0.2) is 56.2 Å². The van der Waals surface area contributed by atoms with E-state index in [2.05, 4.69) is 38.7 Å². The van der Waals surface area contributed by atoms with E-state index in [0.717, 1.165) is 12.5 Å². The Hall–Kier alpha value is -4.34. The van der Waals surface area contributed by atoms with Crippen molar-refractivity contribution in [2.75, 3.05) is 52.9 Å². The van der Waals surface area contributed by atoms with E-state index in [4.69, 9.17) is 85.3 Å². The summed E-state index contributed by atoms with van der Waals surface area (Å²) in [6.45, 7) is 17.4. The maximum absolute atomic E-state index is 16.5. The van der Waals surface area contributed by atoms with Gasteiger partial charge in [0.05, 0.1) is 70.2 Å². The lowest BCUT2D eigenvalue weighted by molar-refractivity contribution is -0.378. The zero-order valence-electron chi connectivity index (χ0n) is 75.2. The molecule has 131 heavy (non-hydrogen) atoms. The SMILES string of the molecule is C=CC(C)(O)CCC=C(C)C(=O)OC1C(O)COC(OC2C(COC(C)=O)OC(OC(=O)C34CC(O)CC(C)(C)C3C3=CCC5C6(C)CCC(OC7OC(COC8OCC(O)C(OC9OCC(O)C(O)C9O)C8O)C(OC8OC(CO)C(O)C(O)C8O)C(O)C7NC(C)=O)C(C)(C)C6CCC5(C)C3(C)CC4O)C(OC3OCC(O)C(OC4OC(CO)C(O)C4O)C3O)C2O)C1O. The number of esters is 3. The van der Waals surface area contributed by atoms with Crippen LogP contribution in [-0.2, 0) is 104 Å². The van der Waals surface area contributed by atoms with Crippen LogP contribution < -0.4 is 5.32 Å². The Balaban J connectivity index is 0.780. The van der Waals surface area contributed by atoms with Crippen LogP contribution in [0.1, 0.15) is 140 Å². The average Bonchev–Trinajstić information content (AvgIpc) is 0.727. The maximum Gasteiger partial charge on any atom is 0.333 e. The van der Waals surface area contributed by atoms with E-state index in [1.165, 1.54) is 32.9 Å². The van der Waals surface area contributed by atoms with Gasteiger partial charge < -0.3 is 198 Å². The molecule has 46 atom stereocenters. The molecule has 0 radical (unpaired) electrons. The number of aliphatic hydroxyl groups is 21. The fraction of sp³-hybridized carbons (Fsp3) is 0.885. The average molecular weight is 1890 g/mol. The van der Waals surface area contributed by atoms with Crippen molar-refractivity contribution in [3.8, 4) is 0 Å². The number of hydrogen-bond acceptors (Lipinski definition) is 43. The summed E-state index contributed by atoms with van der Waals surface area (Å²) in [5, 5.41) is 240. The van der Waals surface area contributed by atoms with Crippen LogP contribution in [-0.4, -0.2) is 423 Å². The number of aliphatic hydroxyl groups excluding tert-OH is 20. The van der Waals surface area contributed by atoms with Crippen molar-refractivity contribution in [2.24, 2.45) is 50.2 Å². The van der Waals surface area contributed by atoms with Crippen molar-refractivity contribution in [3.63, 3.8) is 0 Å². The molecule has 0 aromatic heterocycles. The van der Waals surface area contributed by atoms with Crippen molar-refractivity contribution >= 4 is 23.8 Å². The molecule has 0 aromatic carbocycles. The lowest BCUT2D eigenvalue weighted by Gasteiger charge is -2.72. The van der Waals surface area contributed by atoms with E-state index >= 15 is 4.79 Å². The molecular weight excluding hydrogens is 1750 g/mol.